The van der Waals surface area contributed by atoms with Crippen molar-refractivity contribution in [1.82, 2.24) is 9.47 Å². The van der Waals surface area contributed by atoms with E-state index in [1.54, 1.807) is 0 Å². The summed E-state index contributed by atoms with van der Waals surface area (Å²) in [5.41, 5.74) is -1.85. The van der Waals surface area contributed by atoms with Crippen molar-refractivity contribution in [2.45, 2.75) is 25.6 Å². The van der Waals surface area contributed by atoms with Crippen LogP contribution in [0.15, 0.2) is 53.3 Å². The highest BCUT2D eigenvalue weighted by atomic mass is 32.1. The Balaban J connectivity index is 1.95. The van der Waals surface area contributed by atoms with Crippen LogP contribution in [0.5, 0.6) is 5.75 Å². The number of benzene rings is 2. The van der Waals surface area contributed by atoms with E-state index in [-0.39, 0.29) is 26.2 Å². The number of nitrogens with zero attached hydrogens (tertiary/aromatic N) is 3. The number of aromatic nitrogens is 1. The average molecular weight is 535 g/mol. The van der Waals surface area contributed by atoms with Crippen LogP contribution >= 0.6 is 11.3 Å². The maximum Gasteiger partial charge on any atom is 0.416 e. The fourth-order valence-electron chi connectivity index (χ4n) is 3.87. The number of halogens is 5. The van der Waals surface area contributed by atoms with Gasteiger partial charge < -0.3 is 9.64 Å². The Morgan fingerprint density at radius 2 is 1.78 bits per heavy atom. The van der Waals surface area contributed by atoms with Crippen molar-refractivity contribution in [3.63, 3.8) is 0 Å². The van der Waals surface area contributed by atoms with E-state index in [9.17, 15) is 36.8 Å². The third kappa shape index (κ3) is 5.72. The molecule has 1 amide bonds. The summed E-state index contributed by atoms with van der Waals surface area (Å²) in [5, 5.41) is 9.85. The lowest BCUT2D eigenvalue weighted by Gasteiger charge is -2.14. The highest BCUT2D eigenvalue weighted by molar-refractivity contribution is 7.07. The minimum absolute atomic E-state index is 0.0249. The van der Waals surface area contributed by atoms with Gasteiger partial charge in [0.05, 0.1) is 15.8 Å². The summed E-state index contributed by atoms with van der Waals surface area (Å²) in [6.45, 7) is -2.16. The fourth-order valence-corrected chi connectivity index (χ4v) is 4.96. The molecule has 0 bridgehead atoms. The predicted molar refractivity (Wildman–Crippen MR) is 126 cm³/mol. The second-order valence-electron chi connectivity index (χ2n) is 8.04. The highest BCUT2D eigenvalue weighted by Crippen LogP contribution is 2.30. The van der Waals surface area contributed by atoms with E-state index in [0.717, 1.165) is 46.9 Å². The molecule has 12 heteroatoms. The Labute approximate surface area is 210 Å². The molecule has 0 aliphatic carbocycles. The van der Waals surface area contributed by atoms with E-state index < -0.39 is 29.8 Å². The summed E-state index contributed by atoms with van der Waals surface area (Å²) in [6, 6.07) is 11.2. The summed E-state index contributed by atoms with van der Waals surface area (Å²) in [6.07, 6.45) is -1.79. The van der Waals surface area contributed by atoms with Gasteiger partial charge in [-0.3, -0.25) is 14.2 Å². The molecule has 2 heterocycles. The number of nitriles is 1. The van der Waals surface area contributed by atoms with Crippen molar-refractivity contribution in [1.29, 1.82) is 5.26 Å². The number of likely N-dealkylation sites (tertiary alicyclic amines) is 1. The van der Waals surface area contributed by atoms with Gasteiger partial charge in [-0.1, -0.05) is 18.2 Å². The molecule has 0 radical (unpaired) electrons. The molecular formula is C25H18F5N3O3S. The van der Waals surface area contributed by atoms with E-state index in [1.165, 1.54) is 41.3 Å². The van der Waals surface area contributed by atoms with E-state index >= 15 is 0 Å². The van der Waals surface area contributed by atoms with Crippen LogP contribution in [0.2, 0.25) is 0 Å². The molecule has 0 saturated carbocycles. The van der Waals surface area contributed by atoms with Crippen molar-refractivity contribution in [2.75, 3.05) is 13.1 Å². The lowest BCUT2D eigenvalue weighted by molar-refractivity contribution is -0.137. The van der Waals surface area contributed by atoms with E-state index in [4.69, 9.17) is 0 Å². The smallest absolute Gasteiger partial charge is 0.416 e. The lowest BCUT2D eigenvalue weighted by atomic mass is 10.2. The average Bonchev–Trinajstić information content (AvgIpc) is 3.49. The summed E-state index contributed by atoms with van der Waals surface area (Å²) >= 11 is 0.779. The number of ether oxygens (including phenoxy) is 1. The van der Waals surface area contributed by atoms with Gasteiger partial charge in [0.1, 0.15) is 16.5 Å². The zero-order valence-electron chi connectivity index (χ0n) is 19.0. The van der Waals surface area contributed by atoms with E-state index in [2.05, 4.69) is 4.74 Å². The summed E-state index contributed by atoms with van der Waals surface area (Å²) in [7, 11) is 0. The molecule has 192 valence electrons. The monoisotopic (exact) mass is 535 g/mol. The number of amides is 1. The van der Waals surface area contributed by atoms with Gasteiger partial charge in [0, 0.05) is 13.1 Å². The van der Waals surface area contributed by atoms with Crippen molar-refractivity contribution in [3.05, 3.63) is 79.2 Å². The Morgan fingerprint density at radius 3 is 2.38 bits per heavy atom. The van der Waals surface area contributed by atoms with Crippen LogP contribution in [-0.2, 0) is 11.0 Å². The van der Waals surface area contributed by atoms with Gasteiger partial charge in [-0.05, 0) is 54.8 Å². The zero-order valence-corrected chi connectivity index (χ0v) is 19.8. The Morgan fingerprint density at radius 1 is 1.11 bits per heavy atom. The third-order valence-electron chi connectivity index (χ3n) is 5.59. The number of thiazole rings is 1. The number of hydrogen-bond donors (Lipinski definition) is 0. The van der Waals surface area contributed by atoms with Crippen LogP contribution in [0, 0.1) is 11.3 Å². The Kier molecular flexibility index (Phi) is 7.45. The zero-order chi connectivity index (χ0) is 26.7. The third-order valence-corrected chi connectivity index (χ3v) is 6.68. The Hall–Kier alpha value is -3.98. The topological polar surface area (TPSA) is 75.3 Å². The van der Waals surface area contributed by atoms with Gasteiger partial charge in [0.25, 0.3) is 11.5 Å². The SMILES string of the molecule is N#CC(C(=O)N1CCCC1)=c1sc(=Cc2ccc(OC(F)F)cc2)c(=O)n1-c1cccc(C(F)(F)F)c1. The van der Waals surface area contributed by atoms with Crippen LogP contribution in [0.3, 0.4) is 0 Å². The molecule has 0 spiro atoms. The molecule has 1 fully saturated rings. The maximum atomic E-state index is 13.4. The van der Waals surface area contributed by atoms with Gasteiger partial charge in [-0.15, -0.1) is 11.3 Å². The molecule has 0 unspecified atom stereocenters. The highest BCUT2D eigenvalue weighted by Gasteiger charge is 2.31. The maximum absolute atomic E-state index is 13.4. The quantitative estimate of drug-likeness (QED) is 0.468. The predicted octanol–water partition coefficient (Wildman–Crippen LogP) is 3.64. The molecule has 3 aromatic rings. The van der Waals surface area contributed by atoms with Crippen molar-refractivity contribution < 1.29 is 31.5 Å². The van der Waals surface area contributed by atoms with Crippen LogP contribution in [0.25, 0.3) is 17.3 Å². The van der Waals surface area contributed by atoms with Crippen molar-refractivity contribution in [2.24, 2.45) is 0 Å². The minimum Gasteiger partial charge on any atom is -0.435 e. The number of rotatable bonds is 5. The summed E-state index contributed by atoms with van der Waals surface area (Å²) in [4.78, 5) is 28.0. The number of carbonyl (C=O) groups excluding carboxylic acids is 1. The second kappa shape index (κ2) is 10.6. The molecule has 1 aliphatic heterocycles. The first kappa shape index (κ1) is 26.1. The van der Waals surface area contributed by atoms with Gasteiger partial charge >= 0.3 is 12.8 Å². The van der Waals surface area contributed by atoms with Gasteiger partial charge in [-0.2, -0.15) is 27.2 Å². The molecular weight excluding hydrogens is 517 g/mol. The first-order valence-electron chi connectivity index (χ1n) is 11.0. The molecule has 0 N–H and O–H groups in total. The minimum atomic E-state index is -4.68. The standard InChI is InChI=1S/C25H18F5N3O3S/c26-24(27)36-18-8-6-15(7-9-18)12-20-22(35)33(17-5-3-4-16(13-17)25(28,29)30)23(37-20)19(14-31)21(34)32-10-1-2-11-32/h3-9,12-13,24H,1-2,10-11H2. The van der Waals surface area contributed by atoms with Gasteiger partial charge in [-0.25, -0.2) is 0 Å². The summed E-state index contributed by atoms with van der Waals surface area (Å²) < 4.78 is 70.1. The molecule has 1 saturated heterocycles. The molecule has 2 aromatic carbocycles. The fraction of sp³-hybridized carbons (Fsp3) is 0.240. The first-order chi connectivity index (χ1) is 17.6. The van der Waals surface area contributed by atoms with E-state index in [1.807, 2.05) is 6.07 Å². The lowest BCUT2D eigenvalue weighted by Crippen LogP contribution is -2.35. The second-order valence-corrected chi connectivity index (χ2v) is 9.07. The van der Waals surface area contributed by atoms with Gasteiger partial charge in [0.15, 0.2) is 5.57 Å². The molecule has 6 nitrogen and oxygen atoms in total. The number of hydrogen-bond acceptors (Lipinski definition) is 5. The van der Waals surface area contributed by atoms with E-state index in [0.29, 0.717) is 18.7 Å². The molecule has 37 heavy (non-hydrogen) atoms. The summed E-state index contributed by atoms with van der Waals surface area (Å²) in [5.74, 6) is -0.710. The first-order valence-corrected chi connectivity index (χ1v) is 11.8. The molecule has 0 atom stereocenters. The van der Waals surface area contributed by atoms with Crippen LogP contribution in [0.1, 0.15) is 24.0 Å². The van der Waals surface area contributed by atoms with Crippen molar-refractivity contribution >= 4 is 28.9 Å². The molecule has 4 rings (SSSR count). The van der Waals surface area contributed by atoms with Crippen LogP contribution in [0.4, 0.5) is 22.0 Å². The largest absolute Gasteiger partial charge is 0.435 e. The number of alkyl halides is 5. The Bertz CT molecular complexity index is 1530. The number of carbonyl (C=O) groups is 1. The molecule has 1 aromatic heterocycles. The van der Waals surface area contributed by atoms with Crippen LogP contribution < -0.4 is 19.5 Å². The van der Waals surface area contributed by atoms with Crippen molar-refractivity contribution in [3.8, 4) is 17.5 Å². The van der Waals surface area contributed by atoms with Gasteiger partial charge in [0.2, 0.25) is 0 Å². The van der Waals surface area contributed by atoms with Crippen LogP contribution in [-0.4, -0.2) is 35.1 Å². The molecule has 1 aliphatic rings. The normalized spacial score (nSPS) is 15.2.